The van der Waals surface area contributed by atoms with Gasteiger partial charge in [0.05, 0.1) is 6.61 Å². The molecule has 1 N–H and O–H groups in total. The molecule has 1 aromatic rings. The highest BCUT2D eigenvalue weighted by Crippen LogP contribution is 2.39. The van der Waals surface area contributed by atoms with E-state index in [0.29, 0.717) is 10.9 Å². The standard InChI is InChI=1S/C20H29Cl2N3O2/c1-23-19(25(2)12-15-5-8-27-13-15)24-14-20(6-9-26-10-7-20)17-4-3-16(21)11-18(17)22/h3-4,11,15H,5-10,12-14H2,1-2H3,(H,23,24). The zero-order chi connectivity index (χ0) is 19.3. The topological polar surface area (TPSA) is 46.1 Å². The first-order chi connectivity index (χ1) is 13.0. The number of ether oxygens (including phenoxy) is 2. The zero-order valence-electron chi connectivity index (χ0n) is 16.1. The molecule has 150 valence electrons. The molecule has 0 aromatic heterocycles. The van der Waals surface area contributed by atoms with Gasteiger partial charge in [0, 0.05) is 68.4 Å². The number of benzene rings is 1. The number of aliphatic imine (C=N–C) groups is 1. The number of rotatable bonds is 5. The maximum absolute atomic E-state index is 6.57. The average molecular weight is 414 g/mol. The maximum atomic E-state index is 6.57. The fraction of sp³-hybridized carbons (Fsp3) is 0.650. The van der Waals surface area contributed by atoms with Crippen molar-refractivity contribution in [3.63, 3.8) is 0 Å². The van der Waals surface area contributed by atoms with Crippen LogP contribution in [0.5, 0.6) is 0 Å². The number of halogens is 2. The molecule has 0 radical (unpaired) electrons. The fourth-order valence-electron chi connectivity index (χ4n) is 4.06. The predicted octanol–water partition coefficient (Wildman–Crippen LogP) is 3.59. The Morgan fingerprint density at radius 1 is 1.26 bits per heavy atom. The second kappa shape index (κ2) is 9.46. The van der Waals surface area contributed by atoms with E-state index in [1.807, 2.05) is 19.2 Å². The van der Waals surface area contributed by atoms with Gasteiger partial charge in [0.15, 0.2) is 5.96 Å². The van der Waals surface area contributed by atoms with Crippen LogP contribution in [-0.4, -0.2) is 64.5 Å². The minimum Gasteiger partial charge on any atom is -0.381 e. The lowest BCUT2D eigenvalue weighted by atomic mass is 9.74. The van der Waals surface area contributed by atoms with E-state index in [0.717, 1.165) is 75.3 Å². The molecule has 0 aliphatic carbocycles. The Morgan fingerprint density at radius 3 is 2.67 bits per heavy atom. The molecular formula is C20H29Cl2N3O2. The molecule has 0 bridgehead atoms. The van der Waals surface area contributed by atoms with Crippen molar-refractivity contribution in [1.29, 1.82) is 0 Å². The molecule has 2 aliphatic rings. The van der Waals surface area contributed by atoms with Gasteiger partial charge in [-0.1, -0.05) is 29.3 Å². The van der Waals surface area contributed by atoms with Gasteiger partial charge in [-0.3, -0.25) is 4.99 Å². The highest BCUT2D eigenvalue weighted by molar-refractivity contribution is 6.35. The second-order valence-corrected chi connectivity index (χ2v) is 8.37. The van der Waals surface area contributed by atoms with Crippen LogP contribution in [0, 0.1) is 5.92 Å². The van der Waals surface area contributed by atoms with Crippen LogP contribution in [-0.2, 0) is 14.9 Å². The van der Waals surface area contributed by atoms with Gasteiger partial charge in [-0.05, 0) is 37.0 Å². The summed E-state index contributed by atoms with van der Waals surface area (Å²) in [6, 6.07) is 5.80. The van der Waals surface area contributed by atoms with Crippen molar-refractivity contribution in [2.75, 3.05) is 53.6 Å². The lowest BCUT2D eigenvalue weighted by Gasteiger charge is -2.39. The Hall–Kier alpha value is -1.01. The van der Waals surface area contributed by atoms with Gasteiger partial charge in [-0.2, -0.15) is 0 Å². The summed E-state index contributed by atoms with van der Waals surface area (Å²) in [4.78, 5) is 6.67. The van der Waals surface area contributed by atoms with E-state index >= 15 is 0 Å². The first kappa shape index (κ1) is 20.7. The van der Waals surface area contributed by atoms with Crippen LogP contribution < -0.4 is 5.32 Å². The van der Waals surface area contributed by atoms with E-state index in [1.165, 1.54) is 0 Å². The van der Waals surface area contributed by atoms with E-state index in [9.17, 15) is 0 Å². The van der Waals surface area contributed by atoms with Gasteiger partial charge in [0.2, 0.25) is 0 Å². The van der Waals surface area contributed by atoms with E-state index in [1.54, 1.807) is 0 Å². The second-order valence-electron chi connectivity index (χ2n) is 7.53. The SMILES string of the molecule is CN=C(NCC1(c2ccc(Cl)cc2Cl)CCOCC1)N(C)CC1CCOC1. The van der Waals surface area contributed by atoms with Gasteiger partial charge >= 0.3 is 0 Å². The van der Waals surface area contributed by atoms with Gasteiger partial charge in [-0.25, -0.2) is 0 Å². The third-order valence-electron chi connectivity index (χ3n) is 5.67. The Balaban J connectivity index is 1.72. The highest BCUT2D eigenvalue weighted by Gasteiger charge is 2.36. The van der Waals surface area contributed by atoms with Crippen molar-refractivity contribution in [3.8, 4) is 0 Å². The van der Waals surface area contributed by atoms with Gasteiger partial charge in [-0.15, -0.1) is 0 Å². The lowest BCUT2D eigenvalue weighted by Crippen LogP contribution is -2.49. The van der Waals surface area contributed by atoms with Crippen LogP contribution >= 0.6 is 23.2 Å². The molecule has 1 aromatic carbocycles. The third-order valence-corrected chi connectivity index (χ3v) is 6.21. The summed E-state index contributed by atoms with van der Waals surface area (Å²) in [7, 11) is 3.91. The third kappa shape index (κ3) is 5.08. The summed E-state index contributed by atoms with van der Waals surface area (Å²) < 4.78 is 11.1. The summed E-state index contributed by atoms with van der Waals surface area (Å²) in [5, 5.41) is 4.96. The van der Waals surface area contributed by atoms with Crippen LogP contribution in [0.4, 0.5) is 0 Å². The van der Waals surface area contributed by atoms with Crippen LogP contribution in [0.25, 0.3) is 0 Å². The first-order valence-corrected chi connectivity index (χ1v) is 10.3. The van der Waals surface area contributed by atoms with Crippen molar-refractivity contribution >= 4 is 29.2 Å². The maximum Gasteiger partial charge on any atom is 0.193 e. The minimum absolute atomic E-state index is 0.0901. The summed E-state index contributed by atoms with van der Waals surface area (Å²) in [5.41, 5.74) is 1.04. The Labute approximate surface area is 172 Å². The Kier molecular flexibility index (Phi) is 7.26. The molecule has 0 spiro atoms. The van der Waals surface area contributed by atoms with Crippen molar-refractivity contribution in [1.82, 2.24) is 10.2 Å². The van der Waals surface area contributed by atoms with E-state index < -0.39 is 0 Å². The van der Waals surface area contributed by atoms with E-state index in [4.69, 9.17) is 32.7 Å². The van der Waals surface area contributed by atoms with Crippen LogP contribution in [0.1, 0.15) is 24.8 Å². The fourth-order valence-corrected chi connectivity index (χ4v) is 4.67. The van der Waals surface area contributed by atoms with Gasteiger partial charge in [0.1, 0.15) is 0 Å². The normalized spacial score (nSPS) is 22.7. The minimum atomic E-state index is -0.0901. The van der Waals surface area contributed by atoms with Crippen LogP contribution in [0.2, 0.25) is 10.0 Å². The van der Waals surface area contributed by atoms with E-state index in [-0.39, 0.29) is 5.41 Å². The molecular weight excluding hydrogens is 385 g/mol. The quantitative estimate of drug-likeness (QED) is 0.591. The molecule has 2 saturated heterocycles. The number of nitrogens with one attached hydrogen (secondary N) is 1. The average Bonchev–Trinajstić information content (AvgIpc) is 3.16. The van der Waals surface area contributed by atoms with Crippen LogP contribution in [0.3, 0.4) is 0 Å². The van der Waals surface area contributed by atoms with Crippen molar-refractivity contribution in [2.24, 2.45) is 10.9 Å². The summed E-state index contributed by atoms with van der Waals surface area (Å²) in [5.74, 6) is 1.47. The number of guanidine groups is 1. The number of hydrogen-bond acceptors (Lipinski definition) is 3. The summed E-state index contributed by atoms with van der Waals surface area (Å²) >= 11 is 12.7. The predicted molar refractivity (Wildman–Crippen MR) is 111 cm³/mol. The van der Waals surface area contributed by atoms with Crippen molar-refractivity contribution in [3.05, 3.63) is 33.8 Å². The number of nitrogens with zero attached hydrogens (tertiary/aromatic N) is 2. The number of hydrogen-bond donors (Lipinski definition) is 1. The molecule has 7 heteroatoms. The van der Waals surface area contributed by atoms with Crippen molar-refractivity contribution < 1.29 is 9.47 Å². The summed E-state index contributed by atoms with van der Waals surface area (Å²) in [6.45, 7) is 4.86. The molecule has 1 atom stereocenters. The van der Waals surface area contributed by atoms with E-state index in [2.05, 4.69) is 28.3 Å². The smallest absolute Gasteiger partial charge is 0.193 e. The van der Waals surface area contributed by atoms with Crippen molar-refractivity contribution in [2.45, 2.75) is 24.7 Å². The zero-order valence-corrected chi connectivity index (χ0v) is 17.7. The molecule has 5 nitrogen and oxygen atoms in total. The van der Waals surface area contributed by atoms with Gasteiger partial charge in [0.25, 0.3) is 0 Å². The summed E-state index contributed by atoms with van der Waals surface area (Å²) in [6.07, 6.45) is 2.94. The van der Waals surface area contributed by atoms with Gasteiger partial charge < -0.3 is 19.7 Å². The molecule has 3 rings (SSSR count). The molecule has 1 unspecified atom stereocenters. The largest absolute Gasteiger partial charge is 0.381 e. The Morgan fingerprint density at radius 2 is 2.04 bits per heavy atom. The molecule has 2 fully saturated rings. The Bertz CT molecular complexity index is 657. The lowest BCUT2D eigenvalue weighted by molar-refractivity contribution is 0.0512. The first-order valence-electron chi connectivity index (χ1n) is 9.57. The molecule has 2 heterocycles. The molecule has 2 aliphatic heterocycles. The monoisotopic (exact) mass is 413 g/mol. The molecule has 0 saturated carbocycles. The molecule has 27 heavy (non-hydrogen) atoms. The highest BCUT2D eigenvalue weighted by atomic mass is 35.5. The van der Waals surface area contributed by atoms with Crippen LogP contribution in [0.15, 0.2) is 23.2 Å². The molecule has 0 amide bonds.